The molecular formula is C33H34FN7O2. The number of hydrogen-bond acceptors (Lipinski definition) is 8. The Morgan fingerprint density at radius 3 is 2.81 bits per heavy atom. The molecule has 9 nitrogen and oxygen atoms in total. The molecule has 220 valence electrons. The molecule has 2 aliphatic rings. The Hall–Kier alpha value is -4.75. The molecular weight excluding hydrogens is 545 g/mol. The van der Waals surface area contributed by atoms with Crippen molar-refractivity contribution in [2.45, 2.75) is 46.2 Å². The number of anilines is 3. The van der Waals surface area contributed by atoms with Crippen LogP contribution in [0.5, 0.6) is 0 Å². The lowest BCUT2D eigenvalue weighted by atomic mass is 10.1. The number of allylic oxidation sites excluding steroid dienone is 4. The van der Waals surface area contributed by atoms with Crippen LogP contribution in [0.2, 0.25) is 0 Å². The van der Waals surface area contributed by atoms with Gasteiger partial charge in [-0.15, -0.1) is 0 Å². The molecule has 3 aromatic heterocycles. The minimum Gasteiger partial charge on any atom is -0.448 e. The van der Waals surface area contributed by atoms with E-state index in [1.165, 1.54) is 12.5 Å². The van der Waals surface area contributed by atoms with Crippen molar-refractivity contribution in [3.8, 4) is 11.8 Å². The Balaban J connectivity index is 1.36. The zero-order chi connectivity index (χ0) is 30.1. The van der Waals surface area contributed by atoms with Gasteiger partial charge < -0.3 is 20.0 Å². The zero-order valence-electron chi connectivity index (χ0n) is 24.7. The Labute approximate surface area is 249 Å². The number of aromatic nitrogens is 4. The van der Waals surface area contributed by atoms with Crippen molar-refractivity contribution >= 4 is 28.4 Å². The summed E-state index contributed by atoms with van der Waals surface area (Å²) in [7, 11) is 0. The Bertz CT molecular complexity index is 1860. The lowest BCUT2D eigenvalue weighted by Crippen LogP contribution is -2.49. The van der Waals surface area contributed by atoms with Crippen molar-refractivity contribution in [2.24, 2.45) is 5.92 Å². The van der Waals surface area contributed by atoms with E-state index in [1.54, 1.807) is 22.9 Å². The van der Waals surface area contributed by atoms with Crippen LogP contribution in [-0.2, 0) is 6.54 Å². The van der Waals surface area contributed by atoms with Crippen molar-refractivity contribution in [3.63, 3.8) is 0 Å². The van der Waals surface area contributed by atoms with E-state index in [0.717, 1.165) is 25.2 Å². The summed E-state index contributed by atoms with van der Waals surface area (Å²) in [4.78, 5) is 29.4. The van der Waals surface area contributed by atoms with Crippen LogP contribution >= 0.6 is 0 Å². The first-order chi connectivity index (χ1) is 20.8. The molecule has 0 radical (unpaired) electrons. The van der Waals surface area contributed by atoms with Gasteiger partial charge in [0, 0.05) is 60.4 Å². The smallest absolute Gasteiger partial charge is 0.268 e. The second-order valence-corrected chi connectivity index (χ2v) is 11.4. The average Bonchev–Trinajstić information content (AvgIpc) is 3.62. The fourth-order valence-corrected chi connectivity index (χ4v) is 5.47. The quantitative estimate of drug-likeness (QED) is 0.304. The maximum absolute atomic E-state index is 15.2. The molecule has 10 heteroatoms. The Morgan fingerprint density at radius 2 is 2.07 bits per heavy atom. The number of nitrogens with one attached hydrogen (secondary N) is 2. The molecule has 1 fully saturated rings. The molecule has 4 aromatic rings. The largest absolute Gasteiger partial charge is 0.448 e. The minimum absolute atomic E-state index is 0.0832. The molecule has 2 unspecified atom stereocenters. The van der Waals surface area contributed by atoms with Gasteiger partial charge >= 0.3 is 0 Å². The van der Waals surface area contributed by atoms with Crippen molar-refractivity contribution in [1.82, 2.24) is 24.8 Å². The number of pyridine rings is 1. The number of nitrogens with zero attached hydrogens (tertiary/aromatic N) is 5. The van der Waals surface area contributed by atoms with Gasteiger partial charge in [-0.1, -0.05) is 50.8 Å². The third-order valence-electron chi connectivity index (χ3n) is 7.75. The van der Waals surface area contributed by atoms with Crippen LogP contribution in [0.3, 0.4) is 0 Å². The summed E-state index contributed by atoms with van der Waals surface area (Å²) < 4.78 is 22.4. The standard InChI is InChI=1S/C33H34FN7O2/c1-20(2)30-28(37-19-43-30)18-41-31-25(14-24(32(41)42)9-8-23-7-5-6-21(23)3)16-36-33(39-31)38-26-10-11-29(27(34)15-26)40-13-12-35-22(4)17-40/h5-7,10-11,14-16,19-22,35H,12-13,17-18H2,1-4H3,(H,36,38,39). The molecule has 6 rings (SSSR count). The molecule has 1 aliphatic carbocycles. The normalized spacial score (nSPS) is 18.2. The van der Waals surface area contributed by atoms with Crippen LogP contribution in [-0.4, -0.2) is 45.2 Å². The second kappa shape index (κ2) is 11.9. The first-order valence-electron chi connectivity index (χ1n) is 14.5. The topological polar surface area (TPSA) is 101 Å². The minimum atomic E-state index is -0.325. The summed E-state index contributed by atoms with van der Waals surface area (Å²) in [5.74, 6) is 7.13. The number of hydrogen-bond donors (Lipinski definition) is 2. The highest BCUT2D eigenvalue weighted by atomic mass is 19.1. The molecule has 0 saturated carbocycles. The van der Waals surface area contributed by atoms with Crippen molar-refractivity contribution in [1.29, 1.82) is 0 Å². The van der Waals surface area contributed by atoms with Crippen LogP contribution in [0.1, 0.15) is 50.6 Å². The van der Waals surface area contributed by atoms with E-state index >= 15 is 4.39 Å². The van der Waals surface area contributed by atoms with Crippen LogP contribution in [0.25, 0.3) is 11.0 Å². The lowest BCUT2D eigenvalue weighted by molar-refractivity contribution is 0.477. The van der Waals surface area contributed by atoms with Gasteiger partial charge in [-0.05, 0) is 31.2 Å². The highest BCUT2D eigenvalue weighted by Gasteiger charge is 2.20. The number of fused-ring (bicyclic) bond motifs is 1. The van der Waals surface area contributed by atoms with Gasteiger partial charge in [0.1, 0.15) is 22.9 Å². The second-order valence-electron chi connectivity index (χ2n) is 11.4. The van der Waals surface area contributed by atoms with Gasteiger partial charge in [-0.3, -0.25) is 9.36 Å². The summed E-state index contributed by atoms with van der Waals surface area (Å²) in [6.45, 7) is 10.6. The van der Waals surface area contributed by atoms with Crippen molar-refractivity contribution in [3.05, 3.63) is 93.8 Å². The molecule has 4 heterocycles. The van der Waals surface area contributed by atoms with E-state index in [-0.39, 0.29) is 41.7 Å². The van der Waals surface area contributed by atoms with Gasteiger partial charge in [0.2, 0.25) is 5.95 Å². The molecule has 0 amide bonds. The fraction of sp³-hybridized carbons (Fsp3) is 0.333. The third kappa shape index (κ3) is 5.94. The first-order valence-corrected chi connectivity index (χ1v) is 14.5. The number of rotatable bonds is 6. The van der Waals surface area contributed by atoms with Gasteiger partial charge in [-0.2, -0.15) is 4.98 Å². The predicted molar refractivity (Wildman–Crippen MR) is 166 cm³/mol. The molecule has 2 atom stereocenters. The highest BCUT2D eigenvalue weighted by Crippen LogP contribution is 2.26. The maximum atomic E-state index is 15.2. The lowest BCUT2D eigenvalue weighted by Gasteiger charge is -2.33. The number of oxazole rings is 1. The summed E-state index contributed by atoms with van der Waals surface area (Å²) in [5, 5.41) is 7.13. The molecule has 1 saturated heterocycles. The summed E-state index contributed by atoms with van der Waals surface area (Å²) in [5.41, 5.74) is 3.12. The van der Waals surface area contributed by atoms with Gasteiger partial charge in [-0.25, -0.2) is 14.4 Å². The Morgan fingerprint density at radius 1 is 1.21 bits per heavy atom. The molecule has 0 bridgehead atoms. The fourth-order valence-electron chi connectivity index (χ4n) is 5.47. The van der Waals surface area contributed by atoms with Gasteiger partial charge in [0.05, 0.1) is 17.8 Å². The van der Waals surface area contributed by atoms with Crippen LogP contribution in [0.15, 0.2) is 69.9 Å². The predicted octanol–water partition coefficient (Wildman–Crippen LogP) is 5.12. The van der Waals surface area contributed by atoms with E-state index < -0.39 is 0 Å². The SMILES string of the molecule is CC1CN(c2ccc(Nc3ncc4cc(C#CC5=CC=CC5C)c(=O)n(Cc5ncoc5C(C)C)c4n3)cc2F)CCN1. The highest BCUT2D eigenvalue weighted by molar-refractivity contribution is 5.78. The van der Waals surface area contributed by atoms with E-state index in [0.29, 0.717) is 39.4 Å². The summed E-state index contributed by atoms with van der Waals surface area (Å²) >= 11 is 0. The molecule has 1 aliphatic heterocycles. The van der Waals surface area contributed by atoms with E-state index in [9.17, 15) is 4.79 Å². The Kier molecular flexibility index (Phi) is 7.82. The first kappa shape index (κ1) is 28.4. The van der Waals surface area contributed by atoms with Crippen molar-refractivity contribution < 1.29 is 8.81 Å². The van der Waals surface area contributed by atoms with Crippen molar-refractivity contribution in [2.75, 3.05) is 29.9 Å². The molecule has 1 aromatic carbocycles. The maximum Gasteiger partial charge on any atom is 0.268 e. The summed E-state index contributed by atoms with van der Waals surface area (Å²) in [6, 6.07) is 7.02. The third-order valence-corrected chi connectivity index (χ3v) is 7.75. The molecule has 0 spiro atoms. The molecule has 2 N–H and O–H groups in total. The summed E-state index contributed by atoms with van der Waals surface area (Å²) in [6.07, 6.45) is 9.03. The monoisotopic (exact) mass is 579 g/mol. The number of halogens is 1. The molecule has 43 heavy (non-hydrogen) atoms. The average molecular weight is 580 g/mol. The zero-order valence-corrected chi connectivity index (χ0v) is 24.7. The van der Waals surface area contributed by atoms with E-state index in [2.05, 4.69) is 52.4 Å². The number of benzene rings is 1. The van der Waals surface area contributed by atoms with Crippen LogP contribution < -0.4 is 21.1 Å². The number of piperazine rings is 1. The van der Waals surface area contributed by atoms with Crippen LogP contribution in [0.4, 0.5) is 21.7 Å². The van der Waals surface area contributed by atoms with E-state index in [1.807, 2.05) is 37.0 Å². The van der Waals surface area contributed by atoms with Crippen LogP contribution in [0, 0.1) is 23.6 Å². The van der Waals surface area contributed by atoms with Gasteiger partial charge in [0.25, 0.3) is 5.56 Å². The van der Waals surface area contributed by atoms with Gasteiger partial charge in [0.15, 0.2) is 6.39 Å². The van der Waals surface area contributed by atoms with E-state index in [4.69, 9.17) is 9.40 Å².